The van der Waals surface area contributed by atoms with E-state index in [2.05, 4.69) is 36.5 Å². The van der Waals surface area contributed by atoms with Gasteiger partial charge in [0.2, 0.25) is 0 Å². The molecular formula is C29H43NNa2O5S. The van der Waals surface area contributed by atoms with E-state index in [0.29, 0.717) is 18.5 Å². The molecule has 9 heteroatoms. The van der Waals surface area contributed by atoms with Crippen LogP contribution in [0.15, 0.2) is 53.4 Å². The molecule has 2 unspecified atom stereocenters. The summed E-state index contributed by atoms with van der Waals surface area (Å²) in [5.41, 5.74) is 2.98. The first-order valence-electron chi connectivity index (χ1n) is 13.1. The Morgan fingerprint density at radius 3 is 2.16 bits per heavy atom. The molecule has 2 atom stereocenters. The third kappa shape index (κ3) is 15.9. The van der Waals surface area contributed by atoms with E-state index in [9.17, 15) is 14.7 Å². The van der Waals surface area contributed by atoms with Crippen molar-refractivity contribution in [3.05, 3.63) is 59.7 Å². The van der Waals surface area contributed by atoms with Crippen LogP contribution in [-0.4, -0.2) is 99.0 Å². The third-order valence-electron chi connectivity index (χ3n) is 6.16. The zero-order chi connectivity index (χ0) is 26.2. The number of rotatable bonds is 19. The molecule has 0 aromatic heterocycles. The first-order chi connectivity index (χ1) is 17.4. The molecule has 0 bridgehead atoms. The van der Waals surface area contributed by atoms with Gasteiger partial charge < -0.3 is 20.6 Å². The molecule has 2 rings (SSSR count). The number of aliphatic hydroxyl groups excluding tert-OH is 1. The normalized spacial score (nSPS) is 12.1. The van der Waals surface area contributed by atoms with Crippen LogP contribution >= 0.6 is 11.8 Å². The van der Waals surface area contributed by atoms with Crippen molar-refractivity contribution in [1.82, 2.24) is 0 Å². The van der Waals surface area contributed by atoms with E-state index in [4.69, 9.17) is 10.2 Å². The van der Waals surface area contributed by atoms with Crippen LogP contribution in [0.2, 0.25) is 0 Å². The van der Waals surface area contributed by atoms with Crippen LogP contribution < -0.4 is 5.32 Å². The summed E-state index contributed by atoms with van der Waals surface area (Å²) in [5, 5.41) is 31.5. The van der Waals surface area contributed by atoms with Crippen LogP contribution in [0.4, 0.5) is 5.69 Å². The van der Waals surface area contributed by atoms with Gasteiger partial charge in [-0.2, -0.15) is 0 Å². The number of aliphatic carboxylic acids is 2. The minimum atomic E-state index is -0.934. The average Bonchev–Trinajstić information content (AvgIpc) is 2.86. The zero-order valence-electron chi connectivity index (χ0n) is 21.3. The van der Waals surface area contributed by atoms with Crippen molar-refractivity contribution in [1.29, 1.82) is 0 Å². The molecule has 0 radical (unpaired) electrons. The molecule has 202 valence electrons. The van der Waals surface area contributed by atoms with Crippen molar-refractivity contribution >= 4 is 88.5 Å². The Labute approximate surface area is 276 Å². The number of carboxylic acid groups (broad SMARTS) is 2. The maximum atomic E-state index is 11.0. The Bertz CT molecular complexity index is 929. The van der Waals surface area contributed by atoms with Crippen LogP contribution in [0.1, 0.15) is 87.5 Å². The van der Waals surface area contributed by atoms with Gasteiger partial charge in [0.1, 0.15) is 6.54 Å². The maximum absolute atomic E-state index is 11.0. The van der Waals surface area contributed by atoms with E-state index in [1.165, 1.54) is 62.3 Å². The van der Waals surface area contributed by atoms with Gasteiger partial charge in [-0.1, -0.05) is 75.8 Å². The van der Waals surface area contributed by atoms with Gasteiger partial charge in [-0.25, -0.2) is 0 Å². The SMILES string of the molecule is CCCCCCCCCc1ccc(C(Sc2cccc(NCC(=O)O)c2)C(O)CCCC(=O)O)cc1.[NaH].[NaH]. The third-order valence-corrected chi connectivity index (χ3v) is 7.52. The Kier molecular flexibility index (Phi) is 21.9. The number of benzene rings is 2. The Hall–Kier alpha value is -0.510. The van der Waals surface area contributed by atoms with Crippen LogP contribution in [-0.2, 0) is 16.0 Å². The molecule has 2 aromatic rings. The van der Waals surface area contributed by atoms with Gasteiger partial charge in [-0.3, -0.25) is 9.59 Å². The van der Waals surface area contributed by atoms with Gasteiger partial charge in [-0.15, -0.1) is 11.8 Å². The first kappa shape index (κ1) is 37.5. The second-order valence-corrected chi connectivity index (χ2v) is 10.5. The summed E-state index contributed by atoms with van der Waals surface area (Å²) in [5.74, 6) is -1.80. The fourth-order valence-electron chi connectivity index (χ4n) is 4.15. The van der Waals surface area contributed by atoms with E-state index >= 15 is 0 Å². The molecule has 0 heterocycles. The predicted octanol–water partition coefficient (Wildman–Crippen LogP) is 5.63. The minimum absolute atomic E-state index is 0. The molecule has 0 fully saturated rings. The topological polar surface area (TPSA) is 107 Å². The monoisotopic (exact) mass is 563 g/mol. The predicted molar refractivity (Wildman–Crippen MR) is 161 cm³/mol. The van der Waals surface area contributed by atoms with E-state index in [-0.39, 0.29) is 77.3 Å². The summed E-state index contributed by atoms with van der Waals surface area (Å²) in [4.78, 5) is 22.7. The quantitative estimate of drug-likeness (QED) is 0.0997. The molecule has 6 nitrogen and oxygen atoms in total. The van der Waals surface area contributed by atoms with Gasteiger partial charge in [0.25, 0.3) is 0 Å². The molecule has 0 aliphatic rings. The molecule has 2 aromatic carbocycles. The van der Waals surface area contributed by atoms with Crippen molar-refractivity contribution in [3.63, 3.8) is 0 Å². The number of hydrogen-bond donors (Lipinski definition) is 4. The molecule has 0 saturated carbocycles. The van der Waals surface area contributed by atoms with Crippen LogP contribution in [0.25, 0.3) is 0 Å². The van der Waals surface area contributed by atoms with Crippen molar-refractivity contribution < 1.29 is 24.9 Å². The standard InChI is InChI=1S/C29H41NO5S.2Na.2H/c1-2-3-4-5-6-7-8-11-22-16-18-23(19-17-22)29(26(31)14-10-15-27(32)33)36-25-13-9-12-24(20-25)30-21-28(34)35;;;;/h9,12-13,16-20,26,29-31H,2-8,10-11,14-15,21H2,1H3,(H,32,33)(H,34,35);;;;. The summed E-state index contributed by atoms with van der Waals surface area (Å²) < 4.78 is 0. The molecular weight excluding hydrogens is 520 g/mol. The fourth-order valence-corrected chi connectivity index (χ4v) is 5.38. The Morgan fingerprint density at radius 1 is 0.868 bits per heavy atom. The molecule has 4 N–H and O–H groups in total. The number of nitrogens with one attached hydrogen (secondary N) is 1. The van der Waals surface area contributed by atoms with Gasteiger partial charge in [-0.05, 0) is 55.0 Å². The molecule has 0 aliphatic carbocycles. The van der Waals surface area contributed by atoms with Crippen LogP contribution in [0.3, 0.4) is 0 Å². The Balaban J connectivity index is 0.00000684. The number of aryl methyl sites for hydroxylation is 1. The summed E-state index contributed by atoms with van der Waals surface area (Å²) >= 11 is 1.51. The number of hydrogen-bond acceptors (Lipinski definition) is 5. The van der Waals surface area contributed by atoms with E-state index in [0.717, 1.165) is 16.9 Å². The number of unbranched alkanes of at least 4 members (excludes halogenated alkanes) is 6. The van der Waals surface area contributed by atoms with Crippen LogP contribution in [0.5, 0.6) is 0 Å². The molecule has 0 amide bonds. The summed E-state index contributed by atoms with van der Waals surface area (Å²) in [6, 6.07) is 15.9. The van der Waals surface area contributed by atoms with E-state index in [1.54, 1.807) is 0 Å². The number of thioether (sulfide) groups is 1. The number of aliphatic hydroxyl groups is 1. The second-order valence-electron chi connectivity index (χ2n) is 9.28. The van der Waals surface area contributed by atoms with E-state index < -0.39 is 18.0 Å². The molecule has 38 heavy (non-hydrogen) atoms. The number of carboxylic acids is 2. The molecule has 0 saturated heterocycles. The summed E-state index contributed by atoms with van der Waals surface area (Å²) in [6.45, 7) is 2.06. The van der Waals surface area contributed by atoms with E-state index in [1.807, 2.05) is 24.3 Å². The Morgan fingerprint density at radius 2 is 1.53 bits per heavy atom. The van der Waals surface area contributed by atoms with Gasteiger partial charge in [0.15, 0.2) is 0 Å². The van der Waals surface area contributed by atoms with Gasteiger partial charge in [0, 0.05) is 17.0 Å². The van der Waals surface area contributed by atoms with Crippen LogP contribution in [0, 0.1) is 0 Å². The fraction of sp³-hybridized carbons (Fsp3) is 0.517. The van der Waals surface area contributed by atoms with Crippen molar-refractivity contribution in [3.8, 4) is 0 Å². The van der Waals surface area contributed by atoms with Gasteiger partial charge in [0.05, 0.1) is 11.4 Å². The van der Waals surface area contributed by atoms with Crippen molar-refractivity contribution in [2.24, 2.45) is 0 Å². The second kappa shape index (κ2) is 22.2. The van der Waals surface area contributed by atoms with Crippen molar-refractivity contribution in [2.45, 2.75) is 93.8 Å². The first-order valence-corrected chi connectivity index (χ1v) is 14.0. The summed E-state index contributed by atoms with van der Waals surface area (Å²) in [7, 11) is 0. The van der Waals surface area contributed by atoms with Gasteiger partial charge >= 0.3 is 71.1 Å². The molecule has 0 spiro atoms. The van der Waals surface area contributed by atoms with Crippen molar-refractivity contribution in [2.75, 3.05) is 11.9 Å². The zero-order valence-corrected chi connectivity index (χ0v) is 22.1. The average molecular weight is 564 g/mol. The summed E-state index contributed by atoms with van der Waals surface area (Å²) in [6.07, 6.45) is 10.1. The molecule has 0 aliphatic heterocycles. The number of carbonyl (C=O) groups is 2. The number of anilines is 1.